The number of anilines is 1. The molecule has 102 valence electrons. The van der Waals surface area contributed by atoms with Crippen LogP contribution in [0.4, 0.5) is 5.82 Å². The lowest BCUT2D eigenvalue weighted by molar-refractivity contribution is -0.116. The highest BCUT2D eigenvalue weighted by atomic mass is 32.1. The molecule has 6 heteroatoms. The van der Waals surface area contributed by atoms with Gasteiger partial charge in [-0.1, -0.05) is 12.2 Å². The minimum absolute atomic E-state index is 0.0503. The van der Waals surface area contributed by atoms with Crippen LogP contribution in [0.2, 0.25) is 0 Å². The van der Waals surface area contributed by atoms with Crippen molar-refractivity contribution in [2.24, 2.45) is 5.10 Å². The van der Waals surface area contributed by atoms with Crippen molar-refractivity contribution < 1.29 is 4.79 Å². The summed E-state index contributed by atoms with van der Waals surface area (Å²) in [5.74, 6) is 0.608. The van der Waals surface area contributed by atoms with Gasteiger partial charge >= 0.3 is 0 Å². The highest BCUT2D eigenvalue weighted by Crippen LogP contribution is 2.33. The van der Waals surface area contributed by atoms with E-state index in [1.165, 1.54) is 5.01 Å². The van der Waals surface area contributed by atoms with Crippen molar-refractivity contribution in [2.75, 3.05) is 5.01 Å². The number of hydrazone groups is 1. The highest BCUT2D eigenvalue weighted by molar-refractivity contribution is 7.71. The summed E-state index contributed by atoms with van der Waals surface area (Å²) in [5.41, 5.74) is 3.35. The molecule has 2 aliphatic rings. The predicted molar refractivity (Wildman–Crippen MR) is 78.2 cm³/mol. The lowest BCUT2D eigenvalue weighted by Crippen LogP contribution is -2.24. The molecule has 20 heavy (non-hydrogen) atoms. The van der Waals surface area contributed by atoms with Gasteiger partial charge in [0, 0.05) is 5.71 Å². The third-order valence-corrected chi connectivity index (χ3v) is 4.06. The van der Waals surface area contributed by atoms with Crippen LogP contribution in [0.15, 0.2) is 5.10 Å². The Morgan fingerprint density at radius 1 is 1.35 bits per heavy atom. The van der Waals surface area contributed by atoms with E-state index in [4.69, 9.17) is 12.2 Å². The van der Waals surface area contributed by atoms with Gasteiger partial charge in [-0.25, -0.2) is 0 Å². The molecule has 0 aromatic carbocycles. The molecule has 5 nitrogen and oxygen atoms in total. The topological polar surface area (TPSA) is 72.2 Å². The van der Waals surface area contributed by atoms with Crippen LogP contribution in [0.1, 0.15) is 42.9 Å². The second-order valence-electron chi connectivity index (χ2n) is 5.17. The van der Waals surface area contributed by atoms with E-state index in [0.29, 0.717) is 22.4 Å². The van der Waals surface area contributed by atoms with Gasteiger partial charge in [0.15, 0.2) is 0 Å². The molecule has 0 fully saturated rings. The van der Waals surface area contributed by atoms with E-state index in [1.807, 2.05) is 6.92 Å². The van der Waals surface area contributed by atoms with Gasteiger partial charge in [0.05, 0.1) is 12.0 Å². The zero-order valence-corrected chi connectivity index (χ0v) is 12.0. The van der Waals surface area contributed by atoms with Crippen LogP contribution in [0, 0.1) is 16.0 Å². The maximum absolute atomic E-state index is 12.0. The number of nitrogens with zero attached hydrogens (tertiary/aromatic N) is 3. The van der Waals surface area contributed by atoms with Crippen molar-refractivity contribution in [1.82, 2.24) is 4.98 Å². The fourth-order valence-corrected chi connectivity index (χ4v) is 3.12. The van der Waals surface area contributed by atoms with Gasteiger partial charge in [-0.05, 0) is 43.7 Å². The minimum Gasteiger partial charge on any atom is -0.330 e. The average Bonchev–Trinajstić information content (AvgIpc) is 2.77. The van der Waals surface area contributed by atoms with Crippen LogP contribution in [0.3, 0.4) is 0 Å². The number of carbonyl (C=O) groups is 1. The number of nitrogens with one attached hydrogen (secondary N) is 1. The number of aromatic amines is 1. The molecule has 0 saturated carbocycles. The molecule has 1 aliphatic heterocycles. The Morgan fingerprint density at radius 3 is 2.65 bits per heavy atom. The number of aromatic nitrogens is 1. The van der Waals surface area contributed by atoms with E-state index in [0.717, 1.165) is 42.5 Å². The Hall–Kier alpha value is -2.00. The van der Waals surface area contributed by atoms with Crippen molar-refractivity contribution >= 4 is 29.7 Å². The molecule has 0 bridgehead atoms. The van der Waals surface area contributed by atoms with E-state index in [-0.39, 0.29) is 5.91 Å². The Bertz CT molecular complexity index is 726. The minimum atomic E-state index is -0.0503. The van der Waals surface area contributed by atoms with E-state index in [1.54, 1.807) is 0 Å². The Labute approximate surface area is 121 Å². The molecule has 3 rings (SSSR count). The molecular weight excluding hydrogens is 272 g/mol. The molecule has 1 aromatic rings. The van der Waals surface area contributed by atoms with Gasteiger partial charge in [-0.3, -0.25) is 4.79 Å². The number of fused-ring (bicyclic) bond motifs is 1. The molecule has 1 amide bonds. The van der Waals surface area contributed by atoms with Crippen LogP contribution in [-0.2, 0) is 17.6 Å². The van der Waals surface area contributed by atoms with Crippen LogP contribution in [-0.4, -0.2) is 16.6 Å². The Kier molecular flexibility index (Phi) is 3.14. The van der Waals surface area contributed by atoms with Gasteiger partial charge in [0.1, 0.15) is 16.5 Å². The quantitative estimate of drug-likeness (QED) is 0.806. The molecule has 0 saturated heterocycles. The lowest BCUT2D eigenvalue weighted by Gasteiger charge is -2.23. The Morgan fingerprint density at radius 2 is 2.05 bits per heavy atom. The number of pyridine rings is 1. The molecule has 0 spiro atoms. The summed E-state index contributed by atoms with van der Waals surface area (Å²) in [5, 5.41) is 15.0. The Balaban J connectivity index is 2.23. The zero-order chi connectivity index (χ0) is 14.3. The second-order valence-corrected chi connectivity index (χ2v) is 5.58. The monoisotopic (exact) mass is 286 g/mol. The first kappa shape index (κ1) is 13.0. The number of H-pyrrole nitrogens is 1. The summed E-state index contributed by atoms with van der Waals surface area (Å²) in [4.78, 5) is 15.1. The van der Waals surface area contributed by atoms with Gasteiger partial charge in [0.25, 0.3) is 5.91 Å². The fraction of sp³-hybridized carbons (Fsp3) is 0.429. The molecule has 0 atom stereocenters. The standard InChI is InChI=1S/C14H14N4OS/c1-8-6-12(19)18(17-8)13-10-5-3-2-4-9(10)11(7-15)14(20)16-13/h2-6H2,1H3,(H,16,20). The zero-order valence-electron chi connectivity index (χ0n) is 11.2. The van der Waals surface area contributed by atoms with Gasteiger partial charge in [-0.2, -0.15) is 15.4 Å². The van der Waals surface area contributed by atoms with Crippen LogP contribution in [0.25, 0.3) is 0 Å². The van der Waals surface area contributed by atoms with E-state index in [2.05, 4.69) is 16.2 Å². The molecule has 1 aromatic heterocycles. The summed E-state index contributed by atoms with van der Waals surface area (Å²) in [7, 11) is 0. The third kappa shape index (κ3) is 1.95. The van der Waals surface area contributed by atoms with E-state index in [9.17, 15) is 10.1 Å². The largest absolute Gasteiger partial charge is 0.330 e. The van der Waals surface area contributed by atoms with E-state index >= 15 is 0 Å². The number of amides is 1. The number of rotatable bonds is 1. The number of hydrogen-bond donors (Lipinski definition) is 1. The van der Waals surface area contributed by atoms with Crippen LogP contribution >= 0.6 is 12.2 Å². The first-order valence-corrected chi connectivity index (χ1v) is 7.08. The normalized spacial score (nSPS) is 17.7. The van der Waals surface area contributed by atoms with Crippen molar-refractivity contribution in [3.8, 4) is 6.07 Å². The van der Waals surface area contributed by atoms with Crippen molar-refractivity contribution in [3.63, 3.8) is 0 Å². The summed E-state index contributed by atoms with van der Waals surface area (Å²) in [6.07, 6.45) is 4.14. The van der Waals surface area contributed by atoms with Crippen molar-refractivity contribution in [2.45, 2.75) is 39.0 Å². The number of carbonyl (C=O) groups excluding carboxylic acids is 1. The van der Waals surface area contributed by atoms with Gasteiger partial charge < -0.3 is 4.98 Å². The summed E-state index contributed by atoms with van der Waals surface area (Å²) in [6, 6.07) is 2.19. The first-order valence-electron chi connectivity index (χ1n) is 6.67. The maximum Gasteiger partial charge on any atom is 0.254 e. The number of nitriles is 1. The molecule has 0 radical (unpaired) electrons. The summed E-state index contributed by atoms with van der Waals surface area (Å²) < 4.78 is 0.399. The average molecular weight is 286 g/mol. The van der Waals surface area contributed by atoms with Gasteiger partial charge in [-0.15, -0.1) is 0 Å². The molecule has 0 unspecified atom stereocenters. The van der Waals surface area contributed by atoms with E-state index < -0.39 is 0 Å². The lowest BCUT2D eigenvalue weighted by atomic mass is 9.89. The van der Waals surface area contributed by atoms with Crippen LogP contribution in [0.5, 0.6) is 0 Å². The predicted octanol–water partition coefficient (Wildman–Crippen LogP) is 2.61. The first-order chi connectivity index (χ1) is 9.61. The fourth-order valence-electron chi connectivity index (χ4n) is 2.85. The van der Waals surface area contributed by atoms with Crippen molar-refractivity contribution in [1.29, 1.82) is 5.26 Å². The highest BCUT2D eigenvalue weighted by Gasteiger charge is 2.28. The maximum atomic E-state index is 12.0. The SMILES string of the molecule is CC1=NN(c2[nH]c(=S)c(C#N)c3c2CCCC3)C(=O)C1. The molecular formula is C14H14N4OS. The second kappa shape index (κ2) is 4.84. The summed E-state index contributed by atoms with van der Waals surface area (Å²) >= 11 is 5.26. The molecule has 1 aliphatic carbocycles. The van der Waals surface area contributed by atoms with Crippen molar-refractivity contribution in [3.05, 3.63) is 21.3 Å². The molecule has 2 heterocycles. The van der Waals surface area contributed by atoms with Crippen LogP contribution < -0.4 is 5.01 Å². The third-order valence-electron chi connectivity index (χ3n) is 3.75. The smallest absolute Gasteiger partial charge is 0.254 e. The molecule has 1 N–H and O–H groups in total. The number of hydrogen-bond acceptors (Lipinski definition) is 4. The summed E-state index contributed by atoms with van der Waals surface area (Å²) in [6.45, 7) is 1.84. The van der Waals surface area contributed by atoms with Gasteiger partial charge in [0.2, 0.25) is 0 Å².